The fourth-order valence-corrected chi connectivity index (χ4v) is 2.47. The number of rotatable bonds is 4. The van der Waals surface area contributed by atoms with E-state index in [0.29, 0.717) is 4.88 Å². The number of hydrogen-bond donors (Lipinski definition) is 1. The Hall–Kier alpha value is -2.47. The molecule has 6 heteroatoms. The summed E-state index contributed by atoms with van der Waals surface area (Å²) in [5.41, 5.74) is 2.89. The van der Waals surface area contributed by atoms with Crippen molar-refractivity contribution < 1.29 is 9.72 Å². The predicted molar refractivity (Wildman–Crippen MR) is 84.6 cm³/mol. The normalized spacial score (nSPS) is 10.8. The molecule has 0 saturated carbocycles. The van der Waals surface area contributed by atoms with Gasteiger partial charge < -0.3 is 5.32 Å². The first-order valence-electron chi connectivity index (χ1n) is 6.27. The van der Waals surface area contributed by atoms with Crippen LogP contribution in [0.25, 0.3) is 6.08 Å². The minimum absolute atomic E-state index is 0.0598. The van der Waals surface area contributed by atoms with Crippen molar-refractivity contribution in [2.45, 2.75) is 13.8 Å². The predicted octanol–water partition coefficient (Wildman–Crippen LogP) is 3.93. The molecular weight excluding hydrogens is 288 g/mol. The lowest BCUT2D eigenvalue weighted by Crippen LogP contribution is -2.09. The van der Waals surface area contributed by atoms with Gasteiger partial charge in [0.25, 0.3) is 0 Å². The van der Waals surface area contributed by atoms with Gasteiger partial charge >= 0.3 is 5.00 Å². The smallest absolute Gasteiger partial charge is 0.322 e. The van der Waals surface area contributed by atoms with Gasteiger partial charge in [0, 0.05) is 22.7 Å². The molecule has 0 atom stereocenters. The van der Waals surface area contributed by atoms with Crippen molar-refractivity contribution in [1.29, 1.82) is 0 Å². The van der Waals surface area contributed by atoms with Gasteiger partial charge in [0.15, 0.2) is 0 Å². The highest BCUT2D eigenvalue weighted by Gasteiger charge is 2.08. The molecule has 0 fully saturated rings. The molecule has 0 bridgehead atoms. The van der Waals surface area contributed by atoms with Crippen LogP contribution < -0.4 is 5.32 Å². The zero-order valence-corrected chi connectivity index (χ0v) is 12.4. The minimum atomic E-state index is -0.446. The summed E-state index contributed by atoms with van der Waals surface area (Å²) in [7, 11) is 0. The first kappa shape index (κ1) is 14.9. The molecule has 1 aromatic carbocycles. The molecule has 21 heavy (non-hydrogen) atoms. The molecule has 5 nitrogen and oxygen atoms in total. The molecule has 0 spiro atoms. The molecule has 1 amide bonds. The Labute approximate surface area is 126 Å². The van der Waals surface area contributed by atoms with Crippen LogP contribution in [0.1, 0.15) is 16.0 Å². The number of nitrogens with zero attached hydrogens (tertiary/aromatic N) is 1. The van der Waals surface area contributed by atoms with Crippen molar-refractivity contribution in [3.63, 3.8) is 0 Å². The highest BCUT2D eigenvalue weighted by Crippen LogP contribution is 2.25. The van der Waals surface area contributed by atoms with Crippen LogP contribution in [0.2, 0.25) is 0 Å². The molecular formula is C15H14N2O3S. The maximum Gasteiger partial charge on any atom is 0.324 e. The Bertz CT molecular complexity index is 719. The maximum absolute atomic E-state index is 11.9. The summed E-state index contributed by atoms with van der Waals surface area (Å²) >= 11 is 1.03. The number of anilines is 1. The lowest BCUT2D eigenvalue weighted by atomic mass is 10.1. The zero-order valence-electron chi connectivity index (χ0n) is 11.6. The molecule has 1 heterocycles. The topological polar surface area (TPSA) is 72.2 Å². The summed E-state index contributed by atoms with van der Waals surface area (Å²) in [4.78, 5) is 22.7. The van der Waals surface area contributed by atoms with Crippen LogP contribution in [0, 0.1) is 24.0 Å². The molecule has 0 radical (unpaired) electrons. The second-order valence-corrected chi connectivity index (χ2v) is 5.60. The number of carbonyl (C=O) groups excluding carboxylic acids is 1. The average molecular weight is 302 g/mol. The van der Waals surface area contributed by atoms with Gasteiger partial charge in [-0.15, -0.1) is 0 Å². The van der Waals surface area contributed by atoms with Gasteiger partial charge in [0.2, 0.25) is 5.91 Å². The number of benzene rings is 1. The third kappa shape index (κ3) is 3.76. The maximum atomic E-state index is 11.9. The van der Waals surface area contributed by atoms with Gasteiger partial charge in [0.1, 0.15) is 0 Å². The Kier molecular flexibility index (Phi) is 4.49. The van der Waals surface area contributed by atoms with Gasteiger partial charge in [-0.3, -0.25) is 14.9 Å². The Morgan fingerprint density at radius 2 is 2.05 bits per heavy atom. The fourth-order valence-electron chi connectivity index (χ4n) is 1.75. The average Bonchev–Trinajstić information content (AvgIpc) is 2.91. The minimum Gasteiger partial charge on any atom is -0.322 e. The van der Waals surface area contributed by atoms with Crippen LogP contribution in [0.15, 0.2) is 36.4 Å². The van der Waals surface area contributed by atoms with E-state index in [4.69, 9.17) is 0 Å². The van der Waals surface area contributed by atoms with E-state index in [0.717, 1.165) is 28.2 Å². The Balaban J connectivity index is 2.05. The number of nitrogens with one attached hydrogen (secondary N) is 1. The molecule has 0 saturated heterocycles. The molecule has 2 rings (SSSR count). The fraction of sp³-hybridized carbons (Fsp3) is 0.133. The largest absolute Gasteiger partial charge is 0.324 e. The number of carbonyl (C=O) groups is 1. The quantitative estimate of drug-likeness (QED) is 0.528. The van der Waals surface area contributed by atoms with E-state index in [2.05, 4.69) is 5.32 Å². The molecule has 1 aromatic heterocycles. The summed E-state index contributed by atoms with van der Waals surface area (Å²) in [6.45, 7) is 3.92. The third-order valence-corrected chi connectivity index (χ3v) is 4.06. The van der Waals surface area contributed by atoms with E-state index in [-0.39, 0.29) is 10.9 Å². The number of amides is 1. The highest BCUT2D eigenvalue weighted by atomic mass is 32.1. The summed E-state index contributed by atoms with van der Waals surface area (Å²) in [6.07, 6.45) is 2.94. The van der Waals surface area contributed by atoms with E-state index in [9.17, 15) is 14.9 Å². The van der Waals surface area contributed by atoms with Crippen molar-refractivity contribution in [3.05, 3.63) is 62.5 Å². The second kappa shape index (κ2) is 6.32. The summed E-state index contributed by atoms with van der Waals surface area (Å²) in [6, 6.07) is 8.73. The number of thiophene rings is 1. The van der Waals surface area contributed by atoms with Crippen LogP contribution in [-0.4, -0.2) is 10.8 Å². The van der Waals surface area contributed by atoms with Crippen molar-refractivity contribution in [2.75, 3.05) is 5.32 Å². The molecule has 0 aliphatic heterocycles. The first-order chi connectivity index (χ1) is 9.97. The van der Waals surface area contributed by atoms with Crippen LogP contribution in [0.5, 0.6) is 0 Å². The van der Waals surface area contributed by atoms with Crippen molar-refractivity contribution in [3.8, 4) is 0 Å². The van der Waals surface area contributed by atoms with Crippen molar-refractivity contribution in [2.24, 2.45) is 0 Å². The standard InChI is InChI=1S/C15H14N2O3S/c1-10-4-3-5-13(11(10)2)16-14(18)8-6-12-7-9-15(21-12)17(19)20/h3-9H,1-2H3,(H,16,18)/b8-6+. The van der Waals surface area contributed by atoms with Crippen molar-refractivity contribution in [1.82, 2.24) is 0 Å². The molecule has 2 aromatic rings. The molecule has 0 aliphatic carbocycles. The number of hydrogen-bond acceptors (Lipinski definition) is 4. The second-order valence-electron chi connectivity index (χ2n) is 4.50. The van der Waals surface area contributed by atoms with E-state index >= 15 is 0 Å². The Morgan fingerprint density at radius 1 is 1.29 bits per heavy atom. The van der Waals surface area contributed by atoms with Crippen molar-refractivity contribution >= 4 is 34.0 Å². The summed E-state index contributed by atoms with van der Waals surface area (Å²) in [5, 5.41) is 13.4. The van der Waals surface area contributed by atoms with Crippen LogP contribution in [-0.2, 0) is 4.79 Å². The molecule has 108 valence electrons. The summed E-state index contributed by atoms with van der Waals surface area (Å²) in [5.74, 6) is -0.264. The van der Waals surface area contributed by atoms with E-state index in [1.54, 1.807) is 12.1 Å². The van der Waals surface area contributed by atoms with E-state index in [1.165, 1.54) is 12.1 Å². The summed E-state index contributed by atoms with van der Waals surface area (Å²) < 4.78 is 0. The third-order valence-electron chi connectivity index (χ3n) is 3.05. The molecule has 1 N–H and O–H groups in total. The molecule has 0 aliphatic rings. The lowest BCUT2D eigenvalue weighted by molar-refractivity contribution is -0.380. The van der Waals surface area contributed by atoms with E-state index in [1.807, 2.05) is 32.0 Å². The van der Waals surface area contributed by atoms with Crippen LogP contribution in [0.4, 0.5) is 10.7 Å². The number of nitro groups is 1. The van der Waals surface area contributed by atoms with Gasteiger partial charge in [0.05, 0.1) is 4.92 Å². The highest BCUT2D eigenvalue weighted by molar-refractivity contribution is 7.16. The Morgan fingerprint density at radius 3 is 2.71 bits per heavy atom. The zero-order chi connectivity index (χ0) is 15.4. The van der Waals surface area contributed by atoms with Crippen LogP contribution in [0.3, 0.4) is 0 Å². The van der Waals surface area contributed by atoms with Gasteiger partial charge in [-0.05, 0) is 43.2 Å². The first-order valence-corrected chi connectivity index (χ1v) is 7.08. The molecule has 0 unspecified atom stereocenters. The van der Waals surface area contributed by atoms with Gasteiger partial charge in [-0.25, -0.2) is 0 Å². The van der Waals surface area contributed by atoms with E-state index < -0.39 is 4.92 Å². The SMILES string of the molecule is Cc1cccc(NC(=O)/C=C/c2ccc([N+](=O)[O-])s2)c1C. The monoisotopic (exact) mass is 302 g/mol. The van der Waals surface area contributed by atoms with Crippen LogP contribution >= 0.6 is 11.3 Å². The van der Waals surface area contributed by atoms with Gasteiger partial charge in [-0.1, -0.05) is 23.5 Å². The lowest BCUT2D eigenvalue weighted by Gasteiger charge is -2.08. The van der Waals surface area contributed by atoms with Gasteiger partial charge in [-0.2, -0.15) is 0 Å². The number of aryl methyl sites for hydroxylation is 1.